The van der Waals surface area contributed by atoms with E-state index < -0.39 is 16.7 Å². The van der Waals surface area contributed by atoms with Crippen LogP contribution in [0.5, 0.6) is 5.75 Å². The van der Waals surface area contributed by atoms with Crippen molar-refractivity contribution >= 4 is 62.9 Å². The summed E-state index contributed by atoms with van der Waals surface area (Å²) < 4.78 is 5.71. The summed E-state index contributed by atoms with van der Waals surface area (Å²) in [6, 6.07) is 13.4. The van der Waals surface area contributed by atoms with Gasteiger partial charge in [0.2, 0.25) is 11.0 Å². The number of nitrogens with zero attached hydrogens (tertiary/aromatic N) is 5. The molecule has 15 heteroatoms. The lowest BCUT2D eigenvalue weighted by atomic mass is 9.76. The van der Waals surface area contributed by atoms with Gasteiger partial charge < -0.3 is 15.8 Å². The number of allylic oxidation sites excluding steroid dienone is 3. The van der Waals surface area contributed by atoms with Gasteiger partial charge in [0.1, 0.15) is 16.6 Å². The Morgan fingerprint density at radius 1 is 1.31 bits per heavy atom. The molecule has 2 aromatic carbocycles. The summed E-state index contributed by atoms with van der Waals surface area (Å²) in [4.78, 5) is 37.9. The lowest BCUT2D eigenvalue weighted by Gasteiger charge is -2.38. The number of ketones is 1. The van der Waals surface area contributed by atoms with Gasteiger partial charge in [-0.3, -0.25) is 24.6 Å². The van der Waals surface area contributed by atoms with Crippen LogP contribution in [0, 0.1) is 21.4 Å². The molecule has 0 bridgehead atoms. The molecule has 2 heterocycles. The summed E-state index contributed by atoms with van der Waals surface area (Å²) in [6.45, 7) is 0. The second-order valence-corrected chi connectivity index (χ2v) is 11.8. The van der Waals surface area contributed by atoms with Crippen molar-refractivity contribution in [1.82, 2.24) is 10.2 Å². The number of carbonyl (C=O) groups is 2. The molecule has 0 fully saturated rings. The maximum Gasteiger partial charge on any atom is 0.289 e. The van der Waals surface area contributed by atoms with Gasteiger partial charge in [0.15, 0.2) is 10.1 Å². The average Bonchev–Trinajstić information content (AvgIpc) is 3.45. The van der Waals surface area contributed by atoms with E-state index in [1.54, 1.807) is 24.1 Å². The molecule has 1 aliphatic carbocycles. The quantitative estimate of drug-likeness (QED) is 0.193. The number of Topliss-reactive ketones (excluding diaryl/α,β-unsaturated/α-hetero) is 1. The van der Waals surface area contributed by atoms with Crippen LogP contribution in [0.15, 0.2) is 69.5 Å². The van der Waals surface area contributed by atoms with Gasteiger partial charge in [-0.2, -0.15) is 5.26 Å². The summed E-state index contributed by atoms with van der Waals surface area (Å²) in [5, 5.41) is 32.7. The minimum Gasteiger partial charge on any atom is -0.497 e. The molecule has 0 spiro atoms. The standard InChI is InChI=1S/C27H22ClN7O5S2/c1-40-16-8-5-14(6-9-16)23-17(12-29)25(30)34(19-3-2-4-21(36)24(19)23)26-32-33-27(42-26)41-13-22(37)31-15-7-10-18(28)20(11-15)35(38)39/h5-11,23H,2-4,13,30H2,1H3,(H,31,37). The summed E-state index contributed by atoms with van der Waals surface area (Å²) in [5.41, 5.74) is 8.68. The Hall–Kier alpha value is -4.45. The van der Waals surface area contributed by atoms with Crippen molar-refractivity contribution in [2.75, 3.05) is 23.1 Å². The minimum absolute atomic E-state index is 0.0346. The Balaban J connectivity index is 1.38. The van der Waals surface area contributed by atoms with Gasteiger partial charge in [-0.1, -0.05) is 46.8 Å². The van der Waals surface area contributed by atoms with Gasteiger partial charge in [-0.15, -0.1) is 10.2 Å². The van der Waals surface area contributed by atoms with Crippen molar-refractivity contribution in [2.45, 2.75) is 29.5 Å². The highest BCUT2D eigenvalue weighted by atomic mass is 35.5. The van der Waals surface area contributed by atoms with E-state index in [-0.39, 0.29) is 39.3 Å². The van der Waals surface area contributed by atoms with Gasteiger partial charge in [0.25, 0.3) is 5.69 Å². The molecule has 1 unspecified atom stereocenters. The Morgan fingerprint density at radius 2 is 2.07 bits per heavy atom. The van der Waals surface area contributed by atoms with E-state index in [0.717, 1.165) is 17.3 Å². The fourth-order valence-corrected chi connectivity index (χ4v) is 6.71. The SMILES string of the molecule is COc1ccc(C2C(C#N)=C(N)N(c3nnc(SCC(=O)Nc4ccc(Cl)c([N+](=O)[O-])c4)s3)C3=C2C(=O)CCC3)cc1. The lowest BCUT2D eigenvalue weighted by Crippen LogP contribution is -2.38. The number of anilines is 2. The molecular formula is C27H22ClN7O5S2. The van der Waals surface area contributed by atoms with Crippen molar-refractivity contribution in [2.24, 2.45) is 5.73 Å². The minimum atomic E-state index is -0.631. The number of thioether (sulfide) groups is 1. The number of aromatic nitrogens is 2. The number of carbonyl (C=O) groups excluding carboxylic acids is 2. The molecule has 1 atom stereocenters. The number of nitro benzene ring substituents is 1. The van der Waals surface area contributed by atoms with Crippen LogP contribution in [0.4, 0.5) is 16.5 Å². The molecular weight excluding hydrogens is 602 g/mol. The van der Waals surface area contributed by atoms with Crippen LogP contribution in [0.25, 0.3) is 0 Å². The smallest absolute Gasteiger partial charge is 0.289 e. The molecule has 12 nitrogen and oxygen atoms in total. The van der Waals surface area contributed by atoms with Crippen molar-refractivity contribution in [3.05, 3.63) is 85.8 Å². The molecule has 0 radical (unpaired) electrons. The number of hydrogen-bond acceptors (Lipinski definition) is 12. The Morgan fingerprint density at radius 3 is 2.76 bits per heavy atom. The van der Waals surface area contributed by atoms with Crippen molar-refractivity contribution in [1.29, 1.82) is 5.26 Å². The van der Waals surface area contributed by atoms with E-state index >= 15 is 0 Å². The van der Waals surface area contributed by atoms with Crippen LogP contribution in [-0.2, 0) is 9.59 Å². The maximum absolute atomic E-state index is 13.3. The Labute approximate surface area is 253 Å². The monoisotopic (exact) mass is 623 g/mol. The highest BCUT2D eigenvalue weighted by molar-refractivity contribution is 8.01. The first-order chi connectivity index (χ1) is 20.2. The summed E-state index contributed by atoms with van der Waals surface area (Å²) >= 11 is 8.11. The van der Waals surface area contributed by atoms with E-state index in [9.17, 15) is 25.0 Å². The third kappa shape index (κ3) is 5.67. The van der Waals surface area contributed by atoms with E-state index in [1.807, 2.05) is 12.1 Å². The normalized spacial score (nSPS) is 16.6. The van der Waals surface area contributed by atoms with Gasteiger partial charge in [-0.25, -0.2) is 0 Å². The molecule has 42 heavy (non-hydrogen) atoms. The van der Waals surface area contributed by atoms with Crippen LogP contribution in [0.3, 0.4) is 0 Å². The number of amides is 1. The molecule has 0 saturated heterocycles. The number of benzene rings is 2. The first kappa shape index (κ1) is 29.1. The number of rotatable bonds is 8. The van der Waals surface area contributed by atoms with Gasteiger partial charge >= 0.3 is 0 Å². The predicted octanol–water partition coefficient (Wildman–Crippen LogP) is 5.14. The molecule has 214 valence electrons. The number of nitrogens with two attached hydrogens (primary N) is 1. The van der Waals surface area contributed by atoms with Crippen LogP contribution in [-0.4, -0.2) is 39.7 Å². The van der Waals surface area contributed by atoms with Crippen LogP contribution in [0.2, 0.25) is 5.02 Å². The highest BCUT2D eigenvalue weighted by Crippen LogP contribution is 2.47. The van der Waals surface area contributed by atoms with Crippen molar-refractivity contribution < 1.29 is 19.2 Å². The molecule has 0 saturated carbocycles. The Bertz CT molecular complexity index is 1700. The topological polar surface area (TPSA) is 177 Å². The number of nitrogens with one attached hydrogen (secondary N) is 1. The van der Waals surface area contributed by atoms with E-state index in [0.29, 0.717) is 45.8 Å². The van der Waals surface area contributed by atoms with Gasteiger partial charge in [-0.05, 0) is 42.7 Å². The fraction of sp³-hybridized carbons (Fsp3) is 0.222. The van der Waals surface area contributed by atoms with Crippen LogP contribution >= 0.6 is 34.7 Å². The van der Waals surface area contributed by atoms with Gasteiger partial charge in [0.05, 0.1) is 35.3 Å². The zero-order chi connectivity index (χ0) is 30.0. The molecule has 3 aromatic rings. The first-order valence-corrected chi connectivity index (χ1v) is 14.7. The predicted molar refractivity (Wildman–Crippen MR) is 158 cm³/mol. The third-order valence-electron chi connectivity index (χ3n) is 6.70. The molecule has 1 aliphatic heterocycles. The van der Waals surface area contributed by atoms with Crippen LogP contribution < -0.4 is 20.7 Å². The summed E-state index contributed by atoms with van der Waals surface area (Å²) in [5.74, 6) is -0.317. The van der Waals surface area contributed by atoms with Gasteiger partial charge in [0, 0.05) is 29.4 Å². The average molecular weight is 624 g/mol. The Kier molecular flexibility index (Phi) is 8.44. The number of nitro groups is 1. The number of hydrogen-bond donors (Lipinski definition) is 2. The zero-order valence-corrected chi connectivity index (χ0v) is 24.4. The van der Waals surface area contributed by atoms with E-state index in [4.69, 9.17) is 22.1 Å². The fourth-order valence-electron chi connectivity index (χ4n) is 4.84. The van der Waals surface area contributed by atoms with E-state index in [1.165, 1.54) is 29.5 Å². The molecule has 2 aliphatic rings. The first-order valence-electron chi connectivity index (χ1n) is 12.5. The third-order valence-corrected chi connectivity index (χ3v) is 9.06. The number of ether oxygens (including phenoxy) is 1. The number of halogens is 1. The lowest BCUT2D eigenvalue weighted by molar-refractivity contribution is -0.384. The zero-order valence-electron chi connectivity index (χ0n) is 22.0. The number of nitriles is 1. The van der Waals surface area contributed by atoms with Crippen molar-refractivity contribution in [3.8, 4) is 11.8 Å². The molecule has 1 amide bonds. The van der Waals surface area contributed by atoms with E-state index in [2.05, 4.69) is 21.6 Å². The van der Waals surface area contributed by atoms with Crippen LogP contribution in [0.1, 0.15) is 30.7 Å². The summed E-state index contributed by atoms with van der Waals surface area (Å²) in [7, 11) is 1.56. The maximum atomic E-state index is 13.3. The number of methoxy groups -OCH3 is 1. The summed E-state index contributed by atoms with van der Waals surface area (Å²) in [6.07, 6.45) is 1.55. The highest BCUT2D eigenvalue weighted by Gasteiger charge is 2.41. The molecule has 5 rings (SSSR count). The largest absolute Gasteiger partial charge is 0.497 e. The second kappa shape index (κ2) is 12.2. The second-order valence-electron chi connectivity index (χ2n) is 9.20. The van der Waals surface area contributed by atoms with Crippen molar-refractivity contribution in [3.63, 3.8) is 0 Å². The molecule has 1 aromatic heterocycles. The molecule has 3 N–H and O–H groups in total.